The molecule has 0 saturated carbocycles. The van der Waals surface area contributed by atoms with E-state index in [1.54, 1.807) is 0 Å². The minimum atomic E-state index is 0.929. The highest BCUT2D eigenvalue weighted by molar-refractivity contribution is 5.93. The Bertz CT molecular complexity index is 1550. The van der Waals surface area contributed by atoms with Crippen LogP contribution in [0.5, 0.6) is 0 Å². The van der Waals surface area contributed by atoms with E-state index < -0.39 is 0 Å². The van der Waals surface area contributed by atoms with E-state index >= 15 is 0 Å². The number of hydrogen-bond acceptors (Lipinski definition) is 2. The molecule has 0 saturated heterocycles. The molecule has 0 radical (unpaired) electrons. The number of aromatic nitrogens is 4. The normalized spacial score (nSPS) is 11.5. The van der Waals surface area contributed by atoms with Crippen LogP contribution in [0.4, 0.5) is 0 Å². The fraction of sp³-hybridized carbons (Fsp3) is 0.188. The van der Waals surface area contributed by atoms with Gasteiger partial charge < -0.3 is 9.13 Å². The van der Waals surface area contributed by atoms with Crippen LogP contribution in [0.3, 0.4) is 0 Å². The third kappa shape index (κ3) is 3.70. The van der Waals surface area contributed by atoms with E-state index in [9.17, 15) is 0 Å². The number of hydrogen-bond donors (Lipinski definition) is 0. The van der Waals surface area contributed by atoms with Crippen molar-refractivity contribution in [2.75, 3.05) is 0 Å². The molecule has 0 amide bonds. The van der Waals surface area contributed by atoms with Gasteiger partial charge in [-0.2, -0.15) is 0 Å². The maximum Gasteiger partial charge on any atom is 0.141 e. The number of nitrogens with zero attached hydrogens (tertiary/aromatic N) is 4. The van der Waals surface area contributed by atoms with Crippen LogP contribution >= 0.6 is 0 Å². The molecule has 2 heterocycles. The van der Waals surface area contributed by atoms with Crippen molar-refractivity contribution < 1.29 is 0 Å². The van der Waals surface area contributed by atoms with Crippen molar-refractivity contribution in [2.24, 2.45) is 0 Å². The lowest BCUT2D eigenvalue weighted by atomic mass is 9.94. The Morgan fingerprint density at radius 2 is 0.833 bits per heavy atom. The lowest BCUT2D eigenvalue weighted by molar-refractivity contribution is 0.704. The zero-order valence-electron chi connectivity index (χ0n) is 20.9. The van der Waals surface area contributed by atoms with Crippen LogP contribution in [-0.2, 0) is 13.1 Å². The molecule has 2 aromatic heterocycles. The Morgan fingerprint density at radius 1 is 0.472 bits per heavy atom. The second-order valence-electron chi connectivity index (χ2n) is 9.24. The summed E-state index contributed by atoms with van der Waals surface area (Å²) in [7, 11) is 0. The quantitative estimate of drug-likeness (QED) is 0.236. The largest absolute Gasteiger partial charge is 0.324 e. The van der Waals surface area contributed by atoms with E-state index in [4.69, 9.17) is 9.97 Å². The van der Waals surface area contributed by atoms with E-state index in [0.717, 1.165) is 59.7 Å². The zero-order valence-corrected chi connectivity index (χ0v) is 20.9. The van der Waals surface area contributed by atoms with Gasteiger partial charge in [0.05, 0.1) is 22.1 Å². The Balaban J connectivity index is 1.59. The van der Waals surface area contributed by atoms with Crippen molar-refractivity contribution in [3.8, 4) is 33.9 Å². The van der Waals surface area contributed by atoms with Gasteiger partial charge in [0.1, 0.15) is 11.6 Å². The van der Waals surface area contributed by atoms with Crippen LogP contribution in [0.2, 0.25) is 0 Å². The molecule has 0 bridgehead atoms. The van der Waals surface area contributed by atoms with Gasteiger partial charge in [0, 0.05) is 24.2 Å². The number of aryl methyl sites for hydroxylation is 2. The smallest absolute Gasteiger partial charge is 0.141 e. The van der Waals surface area contributed by atoms with E-state index in [0.29, 0.717) is 0 Å². The highest BCUT2D eigenvalue weighted by atomic mass is 15.1. The van der Waals surface area contributed by atoms with Gasteiger partial charge >= 0.3 is 0 Å². The SMILES string of the molecule is CCCn1c(-c2ccccc2-c2ccccc2-c2nc3ccccc3n2CCC)nc2ccccc21. The molecule has 0 spiro atoms. The Labute approximate surface area is 211 Å². The molecule has 4 heteroatoms. The lowest BCUT2D eigenvalue weighted by Gasteiger charge is -2.16. The molecule has 4 aromatic carbocycles. The van der Waals surface area contributed by atoms with Gasteiger partial charge in [-0.15, -0.1) is 0 Å². The average molecular weight is 471 g/mol. The molecule has 0 unspecified atom stereocenters. The number of imidazole rings is 2. The van der Waals surface area contributed by atoms with Crippen molar-refractivity contribution in [1.82, 2.24) is 19.1 Å². The molecule has 0 aliphatic heterocycles. The fourth-order valence-electron chi connectivity index (χ4n) is 5.29. The molecule has 0 fully saturated rings. The second kappa shape index (κ2) is 9.46. The first kappa shape index (κ1) is 22.3. The lowest BCUT2D eigenvalue weighted by Crippen LogP contribution is -2.02. The molecule has 0 aliphatic rings. The average Bonchev–Trinajstić information content (AvgIpc) is 3.48. The van der Waals surface area contributed by atoms with Gasteiger partial charge in [-0.1, -0.05) is 86.6 Å². The zero-order chi connectivity index (χ0) is 24.5. The third-order valence-electron chi connectivity index (χ3n) is 6.83. The molecule has 6 aromatic rings. The summed E-state index contributed by atoms with van der Waals surface area (Å²) in [5.74, 6) is 2.04. The summed E-state index contributed by atoms with van der Waals surface area (Å²) in [4.78, 5) is 10.2. The Kier molecular flexibility index (Phi) is 5.86. The molecule has 6 rings (SSSR count). The van der Waals surface area contributed by atoms with Gasteiger partial charge in [0.25, 0.3) is 0 Å². The number of rotatable bonds is 7. The number of fused-ring (bicyclic) bond motifs is 2. The van der Waals surface area contributed by atoms with Crippen LogP contribution in [0.25, 0.3) is 56.0 Å². The summed E-state index contributed by atoms with van der Waals surface area (Å²) in [6.45, 7) is 6.30. The maximum atomic E-state index is 5.11. The molecular weight excluding hydrogens is 440 g/mol. The first-order valence-corrected chi connectivity index (χ1v) is 12.9. The molecule has 4 nitrogen and oxygen atoms in total. The standard InChI is InChI=1S/C32H30N4/c1-3-21-35-29-19-11-9-17-27(29)33-31(35)25-15-7-5-13-23(25)24-14-6-8-16-26(24)32-34-28-18-10-12-20-30(28)36(32)22-4-2/h5-20H,3-4,21-22H2,1-2H3. The highest BCUT2D eigenvalue weighted by Gasteiger charge is 2.20. The first-order valence-electron chi connectivity index (χ1n) is 12.9. The highest BCUT2D eigenvalue weighted by Crippen LogP contribution is 2.39. The van der Waals surface area contributed by atoms with Crippen molar-refractivity contribution in [3.63, 3.8) is 0 Å². The van der Waals surface area contributed by atoms with Crippen LogP contribution in [0.1, 0.15) is 26.7 Å². The van der Waals surface area contributed by atoms with Crippen molar-refractivity contribution in [3.05, 3.63) is 97.1 Å². The molecule has 0 aliphatic carbocycles. The van der Waals surface area contributed by atoms with Crippen LogP contribution < -0.4 is 0 Å². The number of para-hydroxylation sites is 4. The van der Waals surface area contributed by atoms with Gasteiger partial charge in [-0.25, -0.2) is 9.97 Å². The molecule has 36 heavy (non-hydrogen) atoms. The minimum absolute atomic E-state index is 0.929. The van der Waals surface area contributed by atoms with Crippen molar-refractivity contribution in [2.45, 2.75) is 39.8 Å². The monoisotopic (exact) mass is 470 g/mol. The van der Waals surface area contributed by atoms with Crippen molar-refractivity contribution >= 4 is 22.1 Å². The number of benzene rings is 4. The first-order chi connectivity index (χ1) is 17.8. The Hall–Kier alpha value is -4.18. The van der Waals surface area contributed by atoms with Gasteiger partial charge in [0.2, 0.25) is 0 Å². The molecule has 0 atom stereocenters. The summed E-state index contributed by atoms with van der Waals surface area (Å²) >= 11 is 0. The molecular formula is C32H30N4. The van der Waals surface area contributed by atoms with E-state index in [2.05, 4.69) is 120 Å². The van der Waals surface area contributed by atoms with Crippen LogP contribution in [0, 0.1) is 0 Å². The summed E-state index contributed by atoms with van der Waals surface area (Å²) in [5, 5.41) is 0. The van der Waals surface area contributed by atoms with Crippen LogP contribution in [0.15, 0.2) is 97.1 Å². The van der Waals surface area contributed by atoms with E-state index in [-0.39, 0.29) is 0 Å². The molecule has 0 N–H and O–H groups in total. The summed E-state index contributed by atoms with van der Waals surface area (Å²) in [5.41, 5.74) is 9.08. The summed E-state index contributed by atoms with van der Waals surface area (Å²) < 4.78 is 4.73. The fourth-order valence-corrected chi connectivity index (χ4v) is 5.29. The predicted molar refractivity (Wildman–Crippen MR) is 150 cm³/mol. The topological polar surface area (TPSA) is 35.6 Å². The van der Waals surface area contributed by atoms with Crippen LogP contribution in [-0.4, -0.2) is 19.1 Å². The van der Waals surface area contributed by atoms with E-state index in [1.807, 2.05) is 0 Å². The second-order valence-corrected chi connectivity index (χ2v) is 9.24. The Morgan fingerprint density at radius 3 is 1.25 bits per heavy atom. The third-order valence-corrected chi connectivity index (χ3v) is 6.83. The van der Waals surface area contributed by atoms with Crippen molar-refractivity contribution in [1.29, 1.82) is 0 Å². The summed E-state index contributed by atoms with van der Waals surface area (Å²) in [6, 6.07) is 34.2. The van der Waals surface area contributed by atoms with Gasteiger partial charge in [-0.05, 0) is 48.2 Å². The van der Waals surface area contributed by atoms with Gasteiger partial charge in [-0.3, -0.25) is 0 Å². The predicted octanol–water partition coefficient (Wildman–Crippen LogP) is 8.21. The van der Waals surface area contributed by atoms with Gasteiger partial charge in [0.15, 0.2) is 0 Å². The summed E-state index contributed by atoms with van der Waals surface area (Å²) in [6.07, 6.45) is 2.10. The molecule has 178 valence electrons. The minimum Gasteiger partial charge on any atom is -0.324 e. The van der Waals surface area contributed by atoms with E-state index in [1.165, 1.54) is 22.2 Å². The maximum absolute atomic E-state index is 5.11.